The highest BCUT2D eigenvalue weighted by molar-refractivity contribution is 5.85. The van der Waals surface area contributed by atoms with Gasteiger partial charge >= 0.3 is 0 Å². The molecule has 1 aliphatic heterocycles. The minimum atomic E-state index is -0.803. The fourth-order valence-corrected chi connectivity index (χ4v) is 1.53. The lowest BCUT2D eigenvalue weighted by molar-refractivity contribution is -0.139. The predicted octanol–water partition coefficient (Wildman–Crippen LogP) is 0.247. The Hall–Kier alpha value is -0.320. The van der Waals surface area contributed by atoms with Crippen molar-refractivity contribution in [2.75, 3.05) is 26.2 Å². The highest BCUT2D eigenvalue weighted by atomic mass is 35.5. The number of likely N-dealkylation sites (N-methyl/N-ethyl adjacent to an activating group) is 1. The maximum absolute atomic E-state index is 11.8. The van der Waals surface area contributed by atoms with Crippen LogP contribution in [0, 0.1) is 5.92 Å². The number of nitrogens with zero attached hydrogens (tertiary/aromatic N) is 1. The van der Waals surface area contributed by atoms with Crippen LogP contribution in [0.1, 0.15) is 20.8 Å². The molecule has 1 saturated heterocycles. The van der Waals surface area contributed by atoms with Gasteiger partial charge in [-0.1, -0.05) is 0 Å². The minimum Gasteiger partial charge on any atom is -0.389 e. The molecule has 1 rings (SSSR count). The molecule has 5 heteroatoms. The lowest BCUT2D eigenvalue weighted by atomic mass is 10.0. The zero-order valence-corrected chi connectivity index (χ0v) is 10.4. The van der Waals surface area contributed by atoms with Crippen molar-refractivity contribution < 1.29 is 9.90 Å². The van der Waals surface area contributed by atoms with Gasteiger partial charge in [-0.05, 0) is 20.8 Å². The molecular formula is C10H21ClN2O2. The van der Waals surface area contributed by atoms with Crippen LogP contribution in [0.4, 0.5) is 0 Å². The van der Waals surface area contributed by atoms with Crippen LogP contribution in [0.15, 0.2) is 0 Å². The Bertz CT molecular complexity index is 212. The molecule has 0 aliphatic carbocycles. The van der Waals surface area contributed by atoms with Gasteiger partial charge in [0.2, 0.25) is 5.91 Å². The Labute approximate surface area is 97.4 Å². The zero-order chi connectivity index (χ0) is 10.8. The Morgan fingerprint density at radius 3 is 2.33 bits per heavy atom. The number of hydrogen-bond donors (Lipinski definition) is 2. The van der Waals surface area contributed by atoms with E-state index in [1.165, 1.54) is 0 Å². The third-order valence-corrected chi connectivity index (χ3v) is 2.40. The van der Waals surface area contributed by atoms with E-state index < -0.39 is 5.60 Å². The van der Waals surface area contributed by atoms with Gasteiger partial charge in [0, 0.05) is 26.2 Å². The summed E-state index contributed by atoms with van der Waals surface area (Å²) in [4.78, 5) is 13.5. The summed E-state index contributed by atoms with van der Waals surface area (Å²) in [5.41, 5.74) is -0.803. The van der Waals surface area contributed by atoms with Crippen LogP contribution in [0.2, 0.25) is 0 Å². The summed E-state index contributed by atoms with van der Waals surface area (Å²) in [6.45, 7) is 8.03. The number of hydrogen-bond acceptors (Lipinski definition) is 3. The van der Waals surface area contributed by atoms with Gasteiger partial charge in [0.25, 0.3) is 0 Å². The third-order valence-electron chi connectivity index (χ3n) is 2.40. The summed E-state index contributed by atoms with van der Waals surface area (Å²) >= 11 is 0. The second kappa shape index (κ2) is 5.68. The maximum atomic E-state index is 11.8. The molecule has 0 aromatic carbocycles. The fraction of sp³-hybridized carbons (Fsp3) is 0.900. The highest BCUT2D eigenvalue weighted by Crippen LogP contribution is 2.11. The maximum Gasteiger partial charge on any atom is 0.228 e. The molecule has 4 nitrogen and oxygen atoms in total. The Kier molecular flexibility index (Phi) is 5.56. The number of halogens is 1. The summed E-state index contributed by atoms with van der Waals surface area (Å²) in [5.74, 6) is 0.283. The van der Waals surface area contributed by atoms with E-state index in [2.05, 4.69) is 5.32 Å². The second-order valence-electron chi connectivity index (χ2n) is 4.52. The van der Waals surface area contributed by atoms with Crippen molar-refractivity contribution in [1.29, 1.82) is 0 Å². The SMILES string of the molecule is CCN(CC(C)(C)O)C(=O)C1CNC1.Cl. The molecule has 0 radical (unpaired) electrons. The zero-order valence-electron chi connectivity index (χ0n) is 9.62. The van der Waals surface area contributed by atoms with Crippen LogP contribution in [-0.4, -0.2) is 47.7 Å². The number of aliphatic hydroxyl groups is 1. The van der Waals surface area contributed by atoms with E-state index in [4.69, 9.17) is 0 Å². The summed E-state index contributed by atoms with van der Waals surface area (Å²) < 4.78 is 0. The number of carbonyl (C=O) groups is 1. The minimum absolute atomic E-state index is 0. The van der Waals surface area contributed by atoms with Gasteiger partial charge in [0.05, 0.1) is 11.5 Å². The molecular weight excluding hydrogens is 216 g/mol. The molecule has 0 unspecified atom stereocenters. The first-order chi connectivity index (χ1) is 6.44. The van der Waals surface area contributed by atoms with Gasteiger partial charge in [-0.2, -0.15) is 0 Å². The smallest absolute Gasteiger partial charge is 0.228 e. The number of carbonyl (C=O) groups excluding carboxylic acids is 1. The summed E-state index contributed by atoms with van der Waals surface area (Å²) in [6, 6.07) is 0. The monoisotopic (exact) mass is 236 g/mol. The van der Waals surface area contributed by atoms with Gasteiger partial charge in [0.15, 0.2) is 0 Å². The van der Waals surface area contributed by atoms with Crippen molar-refractivity contribution in [2.24, 2.45) is 5.92 Å². The molecule has 15 heavy (non-hydrogen) atoms. The predicted molar refractivity (Wildman–Crippen MR) is 62.2 cm³/mol. The largest absolute Gasteiger partial charge is 0.389 e. The van der Waals surface area contributed by atoms with Gasteiger partial charge in [-0.25, -0.2) is 0 Å². The standard InChI is InChI=1S/C10H20N2O2.ClH/c1-4-12(7-10(2,3)14)9(13)8-5-11-6-8;/h8,11,14H,4-7H2,1-3H3;1H. The van der Waals surface area contributed by atoms with Crippen molar-refractivity contribution in [2.45, 2.75) is 26.4 Å². The molecule has 2 N–H and O–H groups in total. The Morgan fingerprint density at radius 2 is 2.07 bits per heavy atom. The van der Waals surface area contributed by atoms with E-state index in [1.807, 2.05) is 6.92 Å². The second-order valence-corrected chi connectivity index (χ2v) is 4.52. The summed E-state index contributed by atoms with van der Waals surface area (Å²) in [6.07, 6.45) is 0. The van der Waals surface area contributed by atoms with Crippen LogP contribution in [-0.2, 0) is 4.79 Å². The van der Waals surface area contributed by atoms with Crippen molar-refractivity contribution in [1.82, 2.24) is 10.2 Å². The molecule has 90 valence electrons. The van der Waals surface area contributed by atoms with Crippen LogP contribution in [0.3, 0.4) is 0 Å². The molecule has 0 aromatic heterocycles. The van der Waals surface area contributed by atoms with E-state index in [9.17, 15) is 9.90 Å². The first-order valence-electron chi connectivity index (χ1n) is 5.16. The Balaban J connectivity index is 0.00000196. The number of rotatable bonds is 4. The molecule has 0 saturated carbocycles. The lowest BCUT2D eigenvalue weighted by Gasteiger charge is -2.34. The number of nitrogens with one attached hydrogen (secondary N) is 1. The molecule has 1 fully saturated rings. The van der Waals surface area contributed by atoms with E-state index in [-0.39, 0.29) is 24.2 Å². The van der Waals surface area contributed by atoms with Crippen molar-refractivity contribution in [3.8, 4) is 0 Å². The van der Waals surface area contributed by atoms with E-state index in [0.717, 1.165) is 13.1 Å². The molecule has 0 aromatic rings. The van der Waals surface area contributed by atoms with Crippen LogP contribution in [0.25, 0.3) is 0 Å². The molecule has 1 aliphatic rings. The van der Waals surface area contributed by atoms with Gasteiger partial charge in [-0.3, -0.25) is 4.79 Å². The van der Waals surface area contributed by atoms with Crippen LogP contribution in [0.5, 0.6) is 0 Å². The average molecular weight is 237 g/mol. The quantitative estimate of drug-likeness (QED) is 0.736. The van der Waals surface area contributed by atoms with E-state index in [1.54, 1.807) is 18.7 Å². The van der Waals surface area contributed by atoms with Crippen molar-refractivity contribution in [3.05, 3.63) is 0 Å². The Morgan fingerprint density at radius 1 is 1.53 bits per heavy atom. The average Bonchev–Trinajstić information content (AvgIpc) is 1.94. The molecule has 1 heterocycles. The first-order valence-corrected chi connectivity index (χ1v) is 5.16. The van der Waals surface area contributed by atoms with Crippen molar-refractivity contribution >= 4 is 18.3 Å². The molecule has 0 bridgehead atoms. The lowest BCUT2D eigenvalue weighted by Crippen LogP contribution is -2.54. The third kappa shape index (κ3) is 4.36. The summed E-state index contributed by atoms with van der Waals surface area (Å²) in [5, 5.41) is 12.7. The van der Waals surface area contributed by atoms with Crippen molar-refractivity contribution in [3.63, 3.8) is 0 Å². The first kappa shape index (κ1) is 14.7. The van der Waals surface area contributed by atoms with Gasteiger partial charge < -0.3 is 15.3 Å². The molecule has 1 amide bonds. The van der Waals surface area contributed by atoms with Crippen LogP contribution >= 0.6 is 12.4 Å². The van der Waals surface area contributed by atoms with E-state index in [0.29, 0.717) is 13.1 Å². The van der Waals surface area contributed by atoms with E-state index >= 15 is 0 Å². The topological polar surface area (TPSA) is 52.6 Å². The summed E-state index contributed by atoms with van der Waals surface area (Å²) in [7, 11) is 0. The normalized spacial score (nSPS) is 16.5. The number of amides is 1. The molecule has 0 spiro atoms. The fourth-order valence-electron chi connectivity index (χ4n) is 1.53. The molecule has 0 atom stereocenters. The highest BCUT2D eigenvalue weighted by Gasteiger charge is 2.30. The van der Waals surface area contributed by atoms with Gasteiger partial charge in [-0.15, -0.1) is 12.4 Å². The van der Waals surface area contributed by atoms with Crippen LogP contribution < -0.4 is 5.32 Å². The van der Waals surface area contributed by atoms with Gasteiger partial charge in [0.1, 0.15) is 0 Å².